The smallest absolute Gasteiger partial charge is 0.311 e. The molecule has 7 heteroatoms. The molecule has 0 unspecified atom stereocenters. The van der Waals surface area contributed by atoms with Gasteiger partial charge in [0.25, 0.3) is 5.91 Å². The van der Waals surface area contributed by atoms with Crippen molar-refractivity contribution in [3.8, 4) is 0 Å². The molecule has 31 heavy (non-hydrogen) atoms. The van der Waals surface area contributed by atoms with E-state index in [1.54, 1.807) is 47.6 Å². The molecule has 1 aliphatic heterocycles. The first-order chi connectivity index (χ1) is 15.1. The number of rotatable bonds is 7. The van der Waals surface area contributed by atoms with Crippen LogP contribution in [0.5, 0.6) is 0 Å². The fraction of sp³-hybridized carbons (Fsp3) is 0.208. The third-order valence-electron chi connectivity index (χ3n) is 5.10. The van der Waals surface area contributed by atoms with Crippen LogP contribution in [0.4, 0.5) is 5.69 Å². The first-order valence-electron chi connectivity index (χ1n) is 10.0. The summed E-state index contributed by atoms with van der Waals surface area (Å²) in [4.78, 5) is 38.5. The molecule has 1 saturated heterocycles. The van der Waals surface area contributed by atoms with E-state index in [1.807, 2.05) is 30.3 Å². The Kier molecular flexibility index (Phi) is 6.12. The lowest BCUT2D eigenvalue weighted by atomic mass is 10.1. The largest absolute Gasteiger partial charge is 0.467 e. The fourth-order valence-corrected chi connectivity index (χ4v) is 3.42. The molecule has 1 aliphatic rings. The molecular weight excluding hydrogens is 396 g/mol. The molecule has 3 aromatic rings. The SMILES string of the molecule is O=C(Nc1ccccc1)c1ccc(COC(=O)[C@H]2CC(=O)N(Cc3ccco3)C2)cc1. The summed E-state index contributed by atoms with van der Waals surface area (Å²) < 4.78 is 10.7. The minimum absolute atomic E-state index is 0.0856. The first-order valence-corrected chi connectivity index (χ1v) is 10.0. The van der Waals surface area contributed by atoms with Crippen molar-refractivity contribution in [2.45, 2.75) is 19.6 Å². The van der Waals surface area contributed by atoms with E-state index in [1.165, 1.54) is 0 Å². The molecule has 0 bridgehead atoms. The average molecular weight is 418 g/mol. The van der Waals surface area contributed by atoms with Gasteiger partial charge in [-0.25, -0.2) is 0 Å². The van der Waals surface area contributed by atoms with Crippen LogP contribution in [0.25, 0.3) is 0 Å². The Bertz CT molecular complexity index is 1050. The number of nitrogens with one attached hydrogen (secondary N) is 1. The van der Waals surface area contributed by atoms with Crippen LogP contribution in [0, 0.1) is 5.92 Å². The van der Waals surface area contributed by atoms with Crippen molar-refractivity contribution in [2.24, 2.45) is 5.92 Å². The molecule has 0 radical (unpaired) electrons. The van der Waals surface area contributed by atoms with E-state index in [0.717, 1.165) is 11.3 Å². The molecule has 1 atom stereocenters. The first kappa shape index (κ1) is 20.4. The molecule has 2 heterocycles. The molecule has 0 saturated carbocycles. The van der Waals surface area contributed by atoms with Crippen LogP contribution in [-0.2, 0) is 27.5 Å². The Morgan fingerprint density at radius 1 is 1.03 bits per heavy atom. The predicted octanol–water partition coefficient (Wildman–Crippen LogP) is 3.62. The topological polar surface area (TPSA) is 88.8 Å². The number of anilines is 1. The quantitative estimate of drug-likeness (QED) is 0.592. The van der Waals surface area contributed by atoms with Crippen molar-refractivity contribution in [1.82, 2.24) is 4.90 Å². The van der Waals surface area contributed by atoms with Gasteiger partial charge in [0, 0.05) is 24.2 Å². The standard InChI is InChI=1S/C24H22N2O5/c27-22-13-19(14-26(22)15-21-7-4-12-30-21)24(29)31-16-17-8-10-18(11-9-17)23(28)25-20-5-2-1-3-6-20/h1-12,19H,13-16H2,(H,25,28)/t19-/m0/s1. The summed E-state index contributed by atoms with van der Waals surface area (Å²) >= 11 is 0. The van der Waals surface area contributed by atoms with E-state index in [-0.39, 0.29) is 24.8 Å². The third kappa shape index (κ3) is 5.19. The molecule has 158 valence electrons. The molecule has 1 N–H and O–H groups in total. The molecule has 2 aromatic carbocycles. The lowest BCUT2D eigenvalue weighted by molar-refractivity contribution is -0.149. The maximum absolute atomic E-state index is 12.4. The van der Waals surface area contributed by atoms with Gasteiger partial charge < -0.3 is 19.4 Å². The number of hydrogen-bond donors (Lipinski definition) is 1. The van der Waals surface area contributed by atoms with E-state index >= 15 is 0 Å². The van der Waals surface area contributed by atoms with Gasteiger partial charge in [-0.1, -0.05) is 30.3 Å². The summed E-state index contributed by atoms with van der Waals surface area (Å²) in [5.41, 5.74) is 1.99. The van der Waals surface area contributed by atoms with E-state index in [0.29, 0.717) is 24.4 Å². The zero-order valence-corrected chi connectivity index (χ0v) is 16.8. The fourth-order valence-electron chi connectivity index (χ4n) is 3.42. The van der Waals surface area contributed by atoms with Crippen molar-refractivity contribution in [1.29, 1.82) is 0 Å². The summed E-state index contributed by atoms with van der Waals surface area (Å²) in [5.74, 6) is -0.513. The van der Waals surface area contributed by atoms with Crippen molar-refractivity contribution in [2.75, 3.05) is 11.9 Å². The highest BCUT2D eigenvalue weighted by Crippen LogP contribution is 2.22. The second kappa shape index (κ2) is 9.30. The summed E-state index contributed by atoms with van der Waals surface area (Å²) in [5, 5.41) is 2.82. The Labute approximate surface area is 179 Å². The third-order valence-corrected chi connectivity index (χ3v) is 5.10. The number of amides is 2. The number of ether oxygens (including phenoxy) is 1. The van der Waals surface area contributed by atoms with Gasteiger partial charge in [0.05, 0.1) is 18.7 Å². The summed E-state index contributed by atoms with van der Waals surface area (Å²) in [6, 6.07) is 19.6. The summed E-state index contributed by atoms with van der Waals surface area (Å²) in [6.45, 7) is 0.751. The molecule has 0 spiro atoms. The second-order valence-corrected chi connectivity index (χ2v) is 7.38. The maximum atomic E-state index is 12.4. The zero-order chi connectivity index (χ0) is 21.6. The lowest BCUT2D eigenvalue weighted by Gasteiger charge is -2.14. The lowest BCUT2D eigenvalue weighted by Crippen LogP contribution is -2.26. The van der Waals surface area contributed by atoms with E-state index in [2.05, 4.69) is 5.32 Å². The van der Waals surface area contributed by atoms with Crippen LogP contribution < -0.4 is 5.32 Å². The molecule has 4 rings (SSSR count). The minimum atomic E-state index is -0.488. The normalized spacial score (nSPS) is 15.7. The molecule has 1 aromatic heterocycles. The van der Waals surface area contributed by atoms with Crippen LogP contribution in [0.15, 0.2) is 77.4 Å². The Hall–Kier alpha value is -3.87. The number of esters is 1. The van der Waals surface area contributed by atoms with Crippen LogP contribution in [0.1, 0.15) is 28.1 Å². The zero-order valence-electron chi connectivity index (χ0n) is 16.8. The minimum Gasteiger partial charge on any atom is -0.467 e. The van der Waals surface area contributed by atoms with Crippen molar-refractivity contribution >= 4 is 23.5 Å². The second-order valence-electron chi connectivity index (χ2n) is 7.38. The predicted molar refractivity (Wildman–Crippen MR) is 113 cm³/mol. The molecular formula is C24H22N2O5. The Balaban J connectivity index is 1.26. The summed E-state index contributed by atoms with van der Waals surface area (Å²) in [7, 11) is 0. The number of furan rings is 1. The van der Waals surface area contributed by atoms with E-state index in [4.69, 9.17) is 9.15 Å². The highest BCUT2D eigenvalue weighted by molar-refractivity contribution is 6.04. The van der Waals surface area contributed by atoms with E-state index in [9.17, 15) is 14.4 Å². The Morgan fingerprint density at radius 3 is 2.52 bits per heavy atom. The van der Waals surface area contributed by atoms with Crippen LogP contribution in [0.3, 0.4) is 0 Å². The van der Waals surface area contributed by atoms with E-state index < -0.39 is 11.9 Å². The number of likely N-dealkylation sites (tertiary alicyclic amines) is 1. The van der Waals surface area contributed by atoms with Gasteiger partial charge in [-0.05, 0) is 42.0 Å². The highest BCUT2D eigenvalue weighted by Gasteiger charge is 2.35. The van der Waals surface area contributed by atoms with Crippen molar-refractivity contribution in [3.63, 3.8) is 0 Å². The van der Waals surface area contributed by atoms with Crippen molar-refractivity contribution < 1.29 is 23.5 Å². The molecule has 7 nitrogen and oxygen atoms in total. The maximum Gasteiger partial charge on any atom is 0.311 e. The van der Waals surface area contributed by atoms with Gasteiger partial charge >= 0.3 is 5.97 Å². The number of nitrogens with zero attached hydrogens (tertiary/aromatic N) is 1. The molecule has 0 aliphatic carbocycles. The van der Waals surface area contributed by atoms with Gasteiger partial charge in [-0.15, -0.1) is 0 Å². The number of carbonyl (C=O) groups excluding carboxylic acids is 3. The molecule has 2 amide bonds. The van der Waals surface area contributed by atoms with Crippen LogP contribution in [0.2, 0.25) is 0 Å². The average Bonchev–Trinajstić information content (AvgIpc) is 3.43. The number of para-hydroxylation sites is 1. The molecule has 1 fully saturated rings. The van der Waals surface area contributed by atoms with Gasteiger partial charge in [-0.3, -0.25) is 14.4 Å². The summed E-state index contributed by atoms with van der Waals surface area (Å²) in [6.07, 6.45) is 1.69. The van der Waals surface area contributed by atoms with Gasteiger partial charge in [0.2, 0.25) is 5.91 Å². The van der Waals surface area contributed by atoms with Gasteiger partial charge in [0.15, 0.2) is 0 Å². The van der Waals surface area contributed by atoms with Crippen molar-refractivity contribution in [3.05, 3.63) is 89.9 Å². The monoisotopic (exact) mass is 418 g/mol. The van der Waals surface area contributed by atoms with Crippen LogP contribution in [-0.4, -0.2) is 29.2 Å². The number of benzene rings is 2. The van der Waals surface area contributed by atoms with Crippen LogP contribution >= 0.6 is 0 Å². The Morgan fingerprint density at radius 2 is 1.81 bits per heavy atom. The van der Waals surface area contributed by atoms with Gasteiger partial charge in [0.1, 0.15) is 12.4 Å². The number of carbonyl (C=O) groups is 3. The number of hydrogen-bond acceptors (Lipinski definition) is 5. The highest BCUT2D eigenvalue weighted by atomic mass is 16.5. The van der Waals surface area contributed by atoms with Gasteiger partial charge in [-0.2, -0.15) is 0 Å².